The summed E-state index contributed by atoms with van der Waals surface area (Å²) in [6, 6.07) is 0. The van der Waals surface area contributed by atoms with E-state index in [0.29, 0.717) is 25.0 Å². The fourth-order valence-electron chi connectivity index (χ4n) is 2.73. The number of carbonyl (C=O) groups excluding carboxylic acids is 1. The number of hydrogen-bond donors (Lipinski definition) is 1. The van der Waals surface area contributed by atoms with Crippen LogP contribution in [0.15, 0.2) is 0 Å². The van der Waals surface area contributed by atoms with Crippen LogP contribution in [0.25, 0.3) is 0 Å². The first-order chi connectivity index (χ1) is 9.41. The average Bonchev–Trinajstić information content (AvgIpc) is 2.35. The van der Waals surface area contributed by atoms with Crippen LogP contribution < -0.4 is 5.73 Å². The minimum absolute atomic E-state index is 0.00169. The smallest absolute Gasteiger partial charge is 0.222 e. The summed E-state index contributed by atoms with van der Waals surface area (Å²) in [7, 11) is 0. The topological polar surface area (TPSA) is 55.6 Å². The fourth-order valence-corrected chi connectivity index (χ4v) is 2.73. The first-order valence-corrected chi connectivity index (χ1v) is 8.01. The molecule has 0 spiro atoms. The second kappa shape index (κ2) is 7.99. The second-order valence-electron chi connectivity index (χ2n) is 6.80. The fraction of sp³-hybridized carbons (Fsp3) is 0.938. The van der Waals surface area contributed by atoms with Crippen LogP contribution in [-0.4, -0.2) is 43.2 Å². The normalized spacial score (nSPS) is 22.4. The van der Waals surface area contributed by atoms with Gasteiger partial charge in [-0.1, -0.05) is 20.8 Å². The highest BCUT2D eigenvalue weighted by atomic mass is 16.5. The SMILES string of the molecule is CCCN(CC(C)(C)CN)C(=O)CC1CC(OCC)C1. The third kappa shape index (κ3) is 5.41. The summed E-state index contributed by atoms with van der Waals surface area (Å²) < 4.78 is 5.55. The van der Waals surface area contributed by atoms with Crippen LogP contribution in [0.5, 0.6) is 0 Å². The van der Waals surface area contributed by atoms with Crippen molar-refractivity contribution in [1.29, 1.82) is 0 Å². The van der Waals surface area contributed by atoms with Crippen molar-refractivity contribution in [3.05, 3.63) is 0 Å². The van der Waals surface area contributed by atoms with Crippen LogP contribution in [0.2, 0.25) is 0 Å². The van der Waals surface area contributed by atoms with E-state index in [1.54, 1.807) is 0 Å². The average molecular weight is 284 g/mol. The Morgan fingerprint density at radius 1 is 1.35 bits per heavy atom. The molecule has 0 aromatic heterocycles. The largest absolute Gasteiger partial charge is 0.378 e. The van der Waals surface area contributed by atoms with Crippen molar-refractivity contribution in [1.82, 2.24) is 4.90 Å². The van der Waals surface area contributed by atoms with Crippen molar-refractivity contribution >= 4 is 5.91 Å². The quantitative estimate of drug-likeness (QED) is 0.707. The predicted octanol–water partition coefficient (Wildman–Crippen LogP) is 2.42. The molecule has 1 aliphatic carbocycles. The number of carbonyl (C=O) groups is 1. The first-order valence-electron chi connectivity index (χ1n) is 8.01. The maximum absolute atomic E-state index is 12.4. The zero-order chi connectivity index (χ0) is 15.2. The molecule has 1 amide bonds. The minimum Gasteiger partial charge on any atom is -0.378 e. The number of rotatable bonds is 9. The summed E-state index contributed by atoms with van der Waals surface area (Å²) in [4.78, 5) is 14.4. The molecule has 1 saturated carbocycles. The molecule has 4 nitrogen and oxygen atoms in total. The minimum atomic E-state index is -0.00169. The molecule has 4 heteroatoms. The Morgan fingerprint density at radius 3 is 2.50 bits per heavy atom. The van der Waals surface area contributed by atoms with Crippen LogP contribution in [0.1, 0.15) is 53.4 Å². The van der Waals surface area contributed by atoms with E-state index in [-0.39, 0.29) is 11.3 Å². The lowest BCUT2D eigenvalue weighted by atomic mass is 9.79. The van der Waals surface area contributed by atoms with E-state index in [1.165, 1.54) is 0 Å². The van der Waals surface area contributed by atoms with Crippen molar-refractivity contribution in [2.45, 2.75) is 59.5 Å². The predicted molar refractivity (Wildman–Crippen MR) is 82.5 cm³/mol. The summed E-state index contributed by atoms with van der Waals surface area (Å²) >= 11 is 0. The number of ether oxygens (including phenoxy) is 1. The van der Waals surface area contributed by atoms with Crippen molar-refractivity contribution in [3.63, 3.8) is 0 Å². The Labute approximate surface area is 124 Å². The van der Waals surface area contributed by atoms with Crippen molar-refractivity contribution < 1.29 is 9.53 Å². The number of nitrogens with two attached hydrogens (primary N) is 1. The van der Waals surface area contributed by atoms with Crippen LogP contribution in [0.3, 0.4) is 0 Å². The van der Waals surface area contributed by atoms with E-state index < -0.39 is 0 Å². The molecule has 0 heterocycles. The van der Waals surface area contributed by atoms with Gasteiger partial charge in [-0.3, -0.25) is 4.79 Å². The van der Waals surface area contributed by atoms with E-state index in [0.717, 1.165) is 39.0 Å². The Bertz CT molecular complexity index is 299. The molecular weight excluding hydrogens is 252 g/mol. The molecule has 0 aliphatic heterocycles. The highest BCUT2D eigenvalue weighted by Gasteiger charge is 2.33. The number of amides is 1. The van der Waals surface area contributed by atoms with Gasteiger partial charge in [0.25, 0.3) is 0 Å². The van der Waals surface area contributed by atoms with Crippen LogP contribution in [0, 0.1) is 11.3 Å². The Balaban J connectivity index is 2.41. The molecule has 0 unspecified atom stereocenters. The molecule has 0 aromatic rings. The molecule has 118 valence electrons. The van der Waals surface area contributed by atoms with Gasteiger partial charge in [-0.15, -0.1) is 0 Å². The molecule has 0 saturated heterocycles. The van der Waals surface area contributed by atoms with Crippen molar-refractivity contribution in [2.75, 3.05) is 26.2 Å². The summed E-state index contributed by atoms with van der Waals surface area (Å²) in [5, 5.41) is 0. The van der Waals surface area contributed by atoms with Crippen LogP contribution in [0.4, 0.5) is 0 Å². The van der Waals surface area contributed by atoms with Gasteiger partial charge in [0.15, 0.2) is 0 Å². The van der Waals surface area contributed by atoms with Gasteiger partial charge in [0, 0.05) is 26.1 Å². The lowest BCUT2D eigenvalue weighted by molar-refractivity contribution is -0.135. The zero-order valence-corrected chi connectivity index (χ0v) is 13.7. The van der Waals surface area contributed by atoms with Gasteiger partial charge in [0.05, 0.1) is 6.10 Å². The molecule has 1 rings (SSSR count). The first kappa shape index (κ1) is 17.4. The van der Waals surface area contributed by atoms with Gasteiger partial charge >= 0.3 is 0 Å². The molecule has 1 fully saturated rings. The maximum Gasteiger partial charge on any atom is 0.222 e. The van der Waals surface area contributed by atoms with Gasteiger partial charge in [0.2, 0.25) is 5.91 Å². The van der Waals surface area contributed by atoms with Gasteiger partial charge < -0.3 is 15.4 Å². The monoisotopic (exact) mass is 284 g/mol. The maximum atomic E-state index is 12.4. The Morgan fingerprint density at radius 2 is 2.00 bits per heavy atom. The highest BCUT2D eigenvalue weighted by molar-refractivity contribution is 5.76. The zero-order valence-electron chi connectivity index (χ0n) is 13.7. The molecule has 0 bridgehead atoms. The molecule has 2 N–H and O–H groups in total. The number of hydrogen-bond acceptors (Lipinski definition) is 3. The Hall–Kier alpha value is -0.610. The summed E-state index contributed by atoms with van der Waals surface area (Å²) in [6.45, 7) is 11.4. The van der Waals surface area contributed by atoms with Gasteiger partial charge in [-0.25, -0.2) is 0 Å². The summed E-state index contributed by atoms with van der Waals surface area (Å²) in [5.41, 5.74) is 5.78. The lowest BCUT2D eigenvalue weighted by Crippen LogP contribution is -2.44. The van der Waals surface area contributed by atoms with Gasteiger partial charge in [-0.05, 0) is 44.1 Å². The van der Waals surface area contributed by atoms with E-state index in [9.17, 15) is 4.79 Å². The van der Waals surface area contributed by atoms with E-state index in [1.807, 2.05) is 11.8 Å². The number of nitrogens with zero attached hydrogens (tertiary/aromatic N) is 1. The molecule has 1 aliphatic rings. The van der Waals surface area contributed by atoms with Crippen LogP contribution >= 0.6 is 0 Å². The van der Waals surface area contributed by atoms with E-state index in [2.05, 4.69) is 20.8 Å². The van der Waals surface area contributed by atoms with Crippen LogP contribution in [-0.2, 0) is 9.53 Å². The van der Waals surface area contributed by atoms with Crippen molar-refractivity contribution in [2.24, 2.45) is 17.1 Å². The summed E-state index contributed by atoms with van der Waals surface area (Å²) in [5.74, 6) is 0.799. The molecule has 20 heavy (non-hydrogen) atoms. The lowest BCUT2D eigenvalue weighted by Gasteiger charge is -2.37. The summed E-state index contributed by atoms with van der Waals surface area (Å²) in [6.07, 6.45) is 4.14. The standard InChI is InChI=1S/C16H32N2O2/c1-5-7-18(12-16(3,4)11-17)15(19)10-13-8-14(9-13)20-6-2/h13-14H,5-12,17H2,1-4H3. The molecule has 0 aromatic carbocycles. The van der Waals surface area contributed by atoms with E-state index >= 15 is 0 Å². The molecule has 0 radical (unpaired) electrons. The van der Waals surface area contributed by atoms with E-state index in [4.69, 9.17) is 10.5 Å². The highest BCUT2D eigenvalue weighted by Crippen LogP contribution is 2.33. The van der Waals surface area contributed by atoms with Crippen molar-refractivity contribution in [3.8, 4) is 0 Å². The third-order valence-corrected chi connectivity index (χ3v) is 4.08. The second-order valence-corrected chi connectivity index (χ2v) is 6.80. The van der Waals surface area contributed by atoms with Gasteiger partial charge in [-0.2, -0.15) is 0 Å². The molecule has 0 atom stereocenters. The van der Waals surface area contributed by atoms with Gasteiger partial charge in [0.1, 0.15) is 0 Å². The third-order valence-electron chi connectivity index (χ3n) is 4.08. The molecular formula is C16H32N2O2. The Kier molecular flexibility index (Phi) is 6.96.